The number of nitrogens with zero attached hydrogens (tertiary/aromatic N) is 1. The second-order valence-corrected chi connectivity index (χ2v) is 5.21. The highest BCUT2D eigenvalue weighted by molar-refractivity contribution is 5.55. The molecule has 0 amide bonds. The van der Waals surface area contributed by atoms with Gasteiger partial charge in [-0.1, -0.05) is 12.8 Å². The summed E-state index contributed by atoms with van der Waals surface area (Å²) >= 11 is 0. The lowest BCUT2D eigenvalue weighted by atomic mass is 9.86. The van der Waals surface area contributed by atoms with Crippen LogP contribution in [0.2, 0.25) is 0 Å². The Balaban J connectivity index is 2.68. The van der Waals surface area contributed by atoms with E-state index in [0.717, 1.165) is 36.8 Å². The minimum Gasteiger partial charge on any atom is -0.496 e. The van der Waals surface area contributed by atoms with Gasteiger partial charge in [-0.2, -0.15) is 4.99 Å². The molecule has 1 fully saturated rings. The molecule has 0 saturated heterocycles. The summed E-state index contributed by atoms with van der Waals surface area (Å²) < 4.78 is 16.3. The fourth-order valence-electron chi connectivity index (χ4n) is 3.19. The Kier molecular flexibility index (Phi) is 4.99. The van der Waals surface area contributed by atoms with Crippen molar-refractivity contribution in [2.45, 2.75) is 37.8 Å². The van der Waals surface area contributed by atoms with Gasteiger partial charge in [0.1, 0.15) is 17.0 Å². The maximum Gasteiger partial charge on any atom is 0.235 e. The van der Waals surface area contributed by atoms with Crippen LogP contribution in [0.3, 0.4) is 0 Å². The third-order valence-electron chi connectivity index (χ3n) is 4.08. The largest absolute Gasteiger partial charge is 0.496 e. The maximum absolute atomic E-state index is 11.0. The average molecular weight is 291 g/mol. The molecule has 5 heteroatoms. The summed E-state index contributed by atoms with van der Waals surface area (Å²) in [6, 6.07) is 3.80. The number of isocyanates is 1. The molecule has 1 aromatic carbocycles. The number of rotatable bonds is 6. The Bertz CT molecular complexity index is 543. The summed E-state index contributed by atoms with van der Waals surface area (Å²) in [6.07, 6.45) is 5.37. The quantitative estimate of drug-likeness (QED) is 0.597. The highest BCUT2D eigenvalue weighted by atomic mass is 16.5. The van der Waals surface area contributed by atoms with Gasteiger partial charge in [-0.15, -0.1) is 0 Å². The van der Waals surface area contributed by atoms with E-state index >= 15 is 0 Å². The summed E-state index contributed by atoms with van der Waals surface area (Å²) in [5.41, 5.74) is 1.16. The van der Waals surface area contributed by atoms with Gasteiger partial charge in [-0.3, -0.25) is 0 Å². The van der Waals surface area contributed by atoms with Gasteiger partial charge in [0.25, 0.3) is 0 Å². The zero-order valence-corrected chi connectivity index (χ0v) is 12.8. The highest BCUT2D eigenvalue weighted by Gasteiger charge is 2.41. The summed E-state index contributed by atoms with van der Waals surface area (Å²) in [5.74, 6) is 1.38. The van der Waals surface area contributed by atoms with Gasteiger partial charge >= 0.3 is 0 Å². The number of benzene rings is 1. The standard InChI is InChI=1S/C16H21NO4/c1-19-10-12-6-7-13(20-2)14(15(12)21-3)16(17-11-18)8-4-5-9-16/h6-7H,4-5,8-10H2,1-3H3. The molecule has 0 bridgehead atoms. The number of carbonyl (C=O) groups excluding carboxylic acids is 1. The van der Waals surface area contributed by atoms with E-state index in [-0.39, 0.29) is 0 Å². The molecule has 0 spiro atoms. The highest BCUT2D eigenvalue weighted by Crippen LogP contribution is 2.50. The van der Waals surface area contributed by atoms with Crippen molar-refractivity contribution in [3.05, 3.63) is 23.3 Å². The summed E-state index contributed by atoms with van der Waals surface area (Å²) in [6.45, 7) is 0.432. The van der Waals surface area contributed by atoms with Gasteiger partial charge < -0.3 is 14.2 Å². The molecule has 0 N–H and O–H groups in total. The molecule has 0 radical (unpaired) electrons. The van der Waals surface area contributed by atoms with Crippen LogP contribution in [0.5, 0.6) is 11.5 Å². The Morgan fingerprint density at radius 1 is 1.19 bits per heavy atom. The lowest BCUT2D eigenvalue weighted by molar-refractivity contribution is 0.181. The molecule has 0 atom stereocenters. The molecule has 1 saturated carbocycles. The molecule has 1 aliphatic rings. The lowest BCUT2D eigenvalue weighted by Crippen LogP contribution is -2.22. The van der Waals surface area contributed by atoms with Crippen LogP contribution in [0.25, 0.3) is 0 Å². The first-order valence-electron chi connectivity index (χ1n) is 7.04. The lowest BCUT2D eigenvalue weighted by Gasteiger charge is -2.28. The number of hydrogen-bond donors (Lipinski definition) is 0. The molecule has 21 heavy (non-hydrogen) atoms. The van der Waals surface area contributed by atoms with Crippen molar-refractivity contribution in [1.82, 2.24) is 0 Å². The van der Waals surface area contributed by atoms with Crippen LogP contribution in [0, 0.1) is 0 Å². The average Bonchev–Trinajstić information content (AvgIpc) is 2.97. The molecule has 0 unspecified atom stereocenters. The third-order valence-corrected chi connectivity index (χ3v) is 4.08. The fourth-order valence-corrected chi connectivity index (χ4v) is 3.19. The Morgan fingerprint density at radius 2 is 1.90 bits per heavy atom. The van der Waals surface area contributed by atoms with Gasteiger partial charge in [-0.05, 0) is 25.0 Å². The smallest absolute Gasteiger partial charge is 0.235 e. The summed E-state index contributed by atoms with van der Waals surface area (Å²) in [4.78, 5) is 15.1. The van der Waals surface area contributed by atoms with E-state index < -0.39 is 5.54 Å². The van der Waals surface area contributed by atoms with Crippen LogP contribution in [0.15, 0.2) is 17.1 Å². The number of aliphatic imine (C=N–C) groups is 1. The molecule has 0 aliphatic heterocycles. The van der Waals surface area contributed by atoms with Crippen molar-refractivity contribution in [3.63, 3.8) is 0 Å². The molecule has 114 valence electrons. The second kappa shape index (κ2) is 6.74. The number of hydrogen-bond acceptors (Lipinski definition) is 5. The van der Waals surface area contributed by atoms with Gasteiger partial charge in [0.15, 0.2) is 0 Å². The van der Waals surface area contributed by atoms with Crippen LogP contribution in [0.4, 0.5) is 0 Å². The molecule has 0 heterocycles. The SMILES string of the molecule is COCc1ccc(OC)c(C2(N=C=O)CCCC2)c1OC. The monoisotopic (exact) mass is 291 g/mol. The van der Waals surface area contributed by atoms with Crippen LogP contribution in [0.1, 0.15) is 36.8 Å². The van der Waals surface area contributed by atoms with Gasteiger partial charge in [-0.25, -0.2) is 4.79 Å². The van der Waals surface area contributed by atoms with Crippen molar-refractivity contribution >= 4 is 6.08 Å². The van der Waals surface area contributed by atoms with E-state index in [1.54, 1.807) is 27.4 Å². The Morgan fingerprint density at radius 3 is 2.43 bits per heavy atom. The van der Waals surface area contributed by atoms with Crippen molar-refractivity contribution < 1.29 is 19.0 Å². The summed E-state index contributed by atoms with van der Waals surface area (Å²) in [7, 11) is 4.87. The molecule has 1 aromatic rings. The first kappa shape index (κ1) is 15.5. The van der Waals surface area contributed by atoms with Crippen LogP contribution in [-0.2, 0) is 21.7 Å². The normalized spacial score (nSPS) is 16.3. The maximum atomic E-state index is 11.0. The molecular formula is C16H21NO4. The predicted octanol–water partition coefficient (Wildman–Crippen LogP) is 2.96. The van der Waals surface area contributed by atoms with Crippen molar-refractivity contribution in [3.8, 4) is 11.5 Å². The van der Waals surface area contributed by atoms with E-state index in [1.165, 1.54) is 0 Å². The Labute approximate surface area is 124 Å². The first-order chi connectivity index (χ1) is 10.2. The van der Waals surface area contributed by atoms with Crippen molar-refractivity contribution in [1.29, 1.82) is 0 Å². The molecular weight excluding hydrogens is 270 g/mol. The summed E-state index contributed by atoms with van der Waals surface area (Å²) in [5, 5.41) is 0. The van der Waals surface area contributed by atoms with Crippen LogP contribution < -0.4 is 9.47 Å². The van der Waals surface area contributed by atoms with E-state index in [1.807, 2.05) is 12.1 Å². The van der Waals surface area contributed by atoms with Crippen molar-refractivity contribution in [2.24, 2.45) is 4.99 Å². The zero-order valence-electron chi connectivity index (χ0n) is 12.8. The van der Waals surface area contributed by atoms with Gasteiger partial charge in [0.05, 0.1) is 26.4 Å². The topological polar surface area (TPSA) is 57.1 Å². The third kappa shape index (κ3) is 2.80. The van der Waals surface area contributed by atoms with Crippen molar-refractivity contribution in [2.75, 3.05) is 21.3 Å². The minimum atomic E-state index is -0.595. The van der Waals surface area contributed by atoms with Crippen LogP contribution >= 0.6 is 0 Å². The predicted molar refractivity (Wildman–Crippen MR) is 78.5 cm³/mol. The molecule has 0 aromatic heterocycles. The van der Waals surface area contributed by atoms with E-state index in [0.29, 0.717) is 18.1 Å². The Hall–Kier alpha value is -1.84. The van der Waals surface area contributed by atoms with E-state index in [9.17, 15) is 4.79 Å². The molecule has 2 rings (SSSR count). The van der Waals surface area contributed by atoms with E-state index in [2.05, 4.69) is 4.99 Å². The van der Waals surface area contributed by atoms with E-state index in [4.69, 9.17) is 14.2 Å². The van der Waals surface area contributed by atoms with Gasteiger partial charge in [0.2, 0.25) is 6.08 Å². The number of methoxy groups -OCH3 is 3. The fraction of sp³-hybridized carbons (Fsp3) is 0.562. The molecule has 1 aliphatic carbocycles. The van der Waals surface area contributed by atoms with Gasteiger partial charge in [0, 0.05) is 12.7 Å². The second-order valence-electron chi connectivity index (χ2n) is 5.21. The minimum absolute atomic E-state index is 0.432. The number of ether oxygens (including phenoxy) is 3. The molecule has 5 nitrogen and oxygen atoms in total. The zero-order chi connectivity index (χ0) is 15.3. The first-order valence-corrected chi connectivity index (χ1v) is 7.04. The van der Waals surface area contributed by atoms with Crippen LogP contribution in [-0.4, -0.2) is 27.4 Å².